The van der Waals surface area contributed by atoms with Crippen LogP contribution in [0.15, 0.2) is 12.1 Å². The van der Waals surface area contributed by atoms with Crippen LogP contribution in [0, 0.1) is 0 Å². The third-order valence-corrected chi connectivity index (χ3v) is 3.09. The maximum Gasteiger partial charge on any atom is 0.244 e. The SMILES string of the molecule is NC1(C(=O)Nc2cc(Cl)c(O)c(Cl)c2)CC1. The molecular formula is C10H10Cl2N2O2. The van der Waals surface area contributed by atoms with E-state index in [1.807, 2.05) is 0 Å². The summed E-state index contributed by atoms with van der Waals surface area (Å²) in [4.78, 5) is 11.6. The first-order valence-corrected chi connectivity index (χ1v) is 5.46. The second-order valence-electron chi connectivity index (χ2n) is 3.90. The lowest BCUT2D eigenvalue weighted by molar-refractivity contribution is -0.118. The third kappa shape index (κ3) is 2.09. The topological polar surface area (TPSA) is 75.4 Å². The number of amides is 1. The maximum absolute atomic E-state index is 11.6. The number of aromatic hydroxyl groups is 1. The number of nitrogens with one attached hydrogen (secondary N) is 1. The average Bonchev–Trinajstić information content (AvgIpc) is 2.94. The van der Waals surface area contributed by atoms with Crippen LogP contribution >= 0.6 is 23.2 Å². The van der Waals surface area contributed by atoms with Crippen LogP contribution in [0.3, 0.4) is 0 Å². The second-order valence-corrected chi connectivity index (χ2v) is 4.71. The molecule has 1 fully saturated rings. The molecule has 0 aliphatic heterocycles. The largest absolute Gasteiger partial charge is 0.505 e. The molecule has 0 heterocycles. The number of hydrogen-bond acceptors (Lipinski definition) is 3. The summed E-state index contributed by atoms with van der Waals surface area (Å²) in [5.41, 5.74) is 5.39. The van der Waals surface area contributed by atoms with Crippen molar-refractivity contribution < 1.29 is 9.90 Å². The van der Waals surface area contributed by atoms with Crippen LogP contribution in [-0.4, -0.2) is 16.6 Å². The van der Waals surface area contributed by atoms with E-state index in [9.17, 15) is 9.90 Å². The predicted molar refractivity (Wildman–Crippen MR) is 62.9 cm³/mol. The molecule has 0 radical (unpaired) electrons. The van der Waals surface area contributed by atoms with Gasteiger partial charge in [0.05, 0.1) is 15.6 Å². The van der Waals surface area contributed by atoms with E-state index < -0.39 is 5.54 Å². The zero-order valence-corrected chi connectivity index (χ0v) is 9.77. The van der Waals surface area contributed by atoms with Crippen molar-refractivity contribution in [3.63, 3.8) is 0 Å². The van der Waals surface area contributed by atoms with Crippen LogP contribution < -0.4 is 11.1 Å². The van der Waals surface area contributed by atoms with Crippen LogP contribution in [-0.2, 0) is 4.79 Å². The van der Waals surface area contributed by atoms with Gasteiger partial charge in [0.15, 0.2) is 5.75 Å². The van der Waals surface area contributed by atoms with E-state index >= 15 is 0 Å². The van der Waals surface area contributed by atoms with Crippen molar-refractivity contribution in [2.45, 2.75) is 18.4 Å². The van der Waals surface area contributed by atoms with Gasteiger partial charge in [-0.2, -0.15) is 0 Å². The fourth-order valence-corrected chi connectivity index (χ4v) is 1.74. The Morgan fingerprint density at radius 3 is 2.31 bits per heavy atom. The lowest BCUT2D eigenvalue weighted by atomic mass is 10.2. The summed E-state index contributed by atoms with van der Waals surface area (Å²) >= 11 is 11.4. The monoisotopic (exact) mass is 260 g/mol. The van der Waals surface area contributed by atoms with Gasteiger partial charge in [-0.1, -0.05) is 23.2 Å². The number of phenols is 1. The maximum atomic E-state index is 11.6. The summed E-state index contributed by atoms with van der Waals surface area (Å²) in [5.74, 6) is -0.458. The molecule has 0 unspecified atom stereocenters. The van der Waals surface area contributed by atoms with Crippen molar-refractivity contribution in [2.24, 2.45) is 5.73 Å². The Labute approximate surface area is 102 Å². The molecule has 1 aliphatic rings. The summed E-state index contributed by atoms with van der Waals surface area (Å²) in [6, 6.07) is 2.85. The quantitative estimate of drug-likeness (QED) is 0.714. The minimum absolute atomic E-state index is 0.0877. The van der Waals surface area contributed by atoms with Gasteiger partial charge in [-0.05, 0) is 25.0 Å². The van der Waals surface area contributed by atoms with Crippen LogP contribution in [0.1, 0.15) is 12.8 Å². The van der Waals surface area contributed by atoms with E-state index in [0.29, 0.717) is 18.5 Å². The zero-order valence-electron chi connectivity index (χ0n) is 8.26. The van der Waals surface area contributed by atoms with E-state index in [2.05, 4.69) is 5.32 Å². The molecule has 0 aromatic heterocycles. The smallest absolute Gasteiger partial charge is 0.244 e. The van der Waals surface area contributed by atoms with Crippen LogP contribution in [0.5, 0.6) is 5.75 Å². The number of anilines is 1. The number of carbonyl (C=O) groups excluding carboxylic acids is 1. The van der Waals surface area contributed by atoms with Gasteiger partial charge in [-0.15, -0.1) is 0 Å². The Kier molecular flexibility index (Phi) is 2.74. The standard InChI is InChI=1S/C10H10Cl2N2O2/c11-6-3-5(4-7(12)8(6)15)14-9(16)10(13)1-2-10/h3-4,15H,1-2,13H2,(H,14,16). The minimum atomic E-state index is -0.753. The Morgan fingerprint density at radius 2 is 1.88 bits per heavy atom. The van der Waals surface area contributed by atoms with Gasteiger partial charge in [0.25, 0.3) is 0 Å². The molecule has 4 N–H and O–H groups in total. The highest BCUT2D eigenvalue weighted by Crippen LogP contribution is 2.37. The second kappa shape index (κ2) is 3.80. The summed E-state index contributed by atoms with van der Waals surface area (Å²) in [6.45, 7) is 0. The Balaban J connectivity index is 2.19. The van der Waals surface area contributed by atoms with Crippen LogP contribution in [0.2, 0.25) is 10.0 Å². The first-order chi connectivity index (χ1) is 7.42. The minimum Gasteiger partial charge on any atom is -0.505 e. The Bertz CT molecular complexity index is 435. The predicted octanol–water partition coefficient (Wildman–Crippen LogP) is 2.13. The lowest BCUT2D eigenvalue weighted by Crippen LogP contribution is -2.37. The van der Waals surface area contributed by atoms with Crippen molar-refractivity contribution in [2.75, 3.05) is 5.32 Å². The number of hydrogen-bond donors (Lipinski definition) is 3. The number of phenolic OH excluding ortho intramolecular Hbond substituents is 1. The van der Waals surface area contributed by atoms with E-state index in [4.69, 9.17) is 28.9 Å². The average molecular weight is 261 g/mol. The van der Waals surface area contributed by atoms with Crippen molar-refractivity contribution in [1.29, 1.82) is 0 Å². The van der Waals surface area contributed by atoms with Crippen molar-refractivity contribution in [3.05, 3.63) is 22.2 Å². The van der Waals surface area contributed by atoms with Gasteiger partial charge in [-0.3, -0.25) is 4.79 Å². The molecular weight excluding hydrogens is 251 g/mol. The molecule has 1 amide bonds. The highest BCUT2D eigenvalue weighted by atomic mass is 35.5. The molecule has 1 aromatic carbocycles. The number of benzene rings is 1. The van der Waals surface area contributed by atoms with E-state index in [0.717, 1.165) is 0 Å². The molecule has 4 nitrogen and oxygen atoms in total. The summed E-state index contributed by atoms with van der Waals surface area (Å²) in [5, 5.41) is 12.1. The fraction of sp³-hybridized carbons (Fsp3) is 0.300. The number of halogens is 2. The third-order valence-electron chi connectivity index (χ3n) is 2.52. The van der Waals surface area contributed by atoms with E-state index in [1.165, 1.54) is 12.1 Å². The molecule has 1 aliphatic carbocycles. The highest BCUT2D eigenvalue weighted by molar-refractivity contribution is 6.37. The molecule has 0 saturated heterocycles. The van der Waals surface area contributed by atoms with Gasteiger partial charge in [-0.25, -0.2) is 0 Å². The zero-order chi connectivity index (χ0) is 11.9. The number of nitrogens with two attached hydrogens (primary N) is 1. The molecule has 6 heteroatoms. The number of carbonyl (C=O) groups is 1. The molecule has 1 saturated carbocycles. The Hall–Kier alpha value is -0.970. The van der Waals surface area contributed by atoms with Crippen molar-refractivity contribution >= 4 is 34.8 Å². The van der Waals surface area contributed by atoms with Crippen molar-refractivity contribution in [3.8, 4) is 5.75 Å². The van der Waals surface area contributed by atoms with Gasteiger partial charge in [0.1, 0.15) is 0 Å². The fourth-order valence-electron chi connectivity index (χ4n) is 1.25. The lowest BCUT2D eigenvalue weighted by Gasteiger charge is -2.11. The molecule has 1 aromatic rings. The Morgan fingerprint density at radius 1 is 1.38 bits per heavy atom. The van der Waals surface area contributed by atoms with Crippen molar-refractivity contribution in [1.82, 2.24) is 0 Å². The summed E-state index contributed by atoms with van der Waals surface area (Å²) in [7, 11) is 0. The van der Waals surface area contributed by atoms with Gasteiger partial charge in [0.2, 0.25) is 5.91 Å². The van der Waals surface area contributed by atoms with E-state index in [-0.39, 0.29) is 21.7 Å². The van der Waals surface area contributed by atoms with E-state index in [1.54, 1.807) is 0 Å². The normalized spacial score (nSPS) is 16.9. The molecule has 16 heavy (non-hydrogen) atoms. The molecule has 0 atom stereocenters. The van der Waals surface area contributed by atoms with Gasteiger partial charge in [0, 0.05) is 5.69 Å². The first kappa shape index (κ1) is 11.5. The van der Waals surface area contributed by atoms with Crippen LogP contribution in [0.4, 0.5) is 5.69 Å². The van der Waals surface area contributed by atoms with Gasteiger partial charge < -0.3 is 16.2 Å². The number of rotatable bonds is 2. The molecule has 0 bridgehead atoms. The molecule has 86 valence electrons. The van der Waals surface area contributed by atoms with Crippen LogP contribution in [0.25, 0.3) is 0 Å². The summed E-state index contributed by atoms with van der Waals surface area (Å²) < 4.78 is 0. The first-order valence-electron chi connectivity index (χ1n) is 4.71. The summed E-state index contributed by atoms with van der Waals surface area (Å²) in [6.07, 6.45) is 1.36. The van der Waals surface area contributed by atoms with Gasteiger partial charge >= 0.3 is 0 Å². The molecule has 2 rings (SSSR count). The highest BCUT2D eigenvalue weighted by Gasteiger charge is 2.45. The molecule has 0 spiro atoms.